The summed E-state index contributed by atoms with van der Waals surface area (Å²) < 4.78 is 23.3. The quantitative estimate of drug-likeness (QED) is 0.402. The molecule has 23 heavy (non-hydrogen) atoms. The molecule has 0 saturated carbocycles. The zero-order valence-corrected chi connectivity index (χ0v) is 17.1. The SMILES string of the molecule is CN=C(NCCS(C)(=O)=O)NCC(C)(C)Sc1ccc(Br)cc1. The van der Waals surface area contributed by atoms with E-state index in [0.717, 1.165) is 4.47 Å². The molecule has 0 saturated heterocycles. The molecule has 1 aromatic carbocycles. The first-order valence-corrected chi connectivity index (χ1v) is 10.9. The fourth-order valence-electron chi connectivity index (χ4n) is 1.73. The third kappa shape index (κ3) is 9.22. The van der Waals surface area contributed by atoms with Crippen molar-refractivity contribution in [3.63, 3.8) is 0 Å². The van der Waals surface area contributed by atoms with E-state index in [4.69, 9.17) is 0 Å². The predicted octanol–water partition coefficient (Wildman–Crippen LogP) is 2.53. The lowest BCUT2D eigenvalue weighted by atomic mass is 10.2. The van der Waals surface area contributed by atoms with E-state index in [2.05, 4.69) is 57.5 Å². The summed E-state index contributed by atoms with van der Waals surface area (Å²) in [6.45, 7) is 5.35. The predicted molar refractivity (Wildman–Crippen MR) is 103 cm³/mol. The molecule has 5 nitrogen and oxygen atoms in total. The molecule has 0 atom stereocenters. The van der Waals surface area contributed by atoms with Crippen LogP contribution in [0.25, 0.3) is 0 Å². The van der Waals surface area contributed by atoms with Crippen molar-refractivity contribution >= 4 is 43.5 Å². The van der Waals surface area contributed by atoms with Gasteiger partial charge in [0.25, 0.3) is 0 Å². The molecule has 0 unspecified atom stereocenters. The minimum atomic E-state index is -2.97. The topological polar surface area (TPSA) is 70.6 Å². The molecule has 1 rings (SSSR count). The van der Waals surface area contributed by atoms with Crippen molar-refractivity contribution in [3.8, 4) is 0 Å². The van der Waals surface area contributed by atoms with Gasteiger partial charge >= 0.3 is 0 Å². The van der Waals surface area contributed by atoms with Crippen LogP contribution in [-0.2, 0) is 9.84 Å². The maximum atomic E-state index is 11.1. The number of benzene rings is 1. The Morgan fingerprint density at radius 2 is 1.87 bits per heavy atom. The van der Waals surface area contributed by atoms with Crippen molar-refractivity contribution < 1.29 is 8.42 Å². The molecular weight excluding hydrogens is 398 g/mol. The van der Waals surface area contributed by atoms with Crippen LogP contribution < -0.4 is 10.6 Å². The van der Waals surface area contributed by atoms with E-state index in [9.17, 15) is 8.42 Å². The number of aliphatic imine (C=N–C) groups is 1. The average molecular weight is 422 g/mol. The number of thioether (sulfide) groups is 1. The summed E-state index contributed by atoms with van der Waals surface area (Å²) in [5.74, 6) is 0.697. The van der Waals surface area contributed by atoms with E-state index in [1.807, 2.05) is 12.1 Å². The molecule has 0 spiro atoms. The molecule has 8 heteroatoms. The van der Waals surface area contributed by atoms with Gasteiger partial charge in [-0.3, -0.25) is 4.99 Å². The van der Waals surface area contributed by atoms with Crippen LogP contribution in [0, 0.1) is 0 Å². The Hall–Kier alpha value is -0.730. The minimum Gasteiger partial charge on any atom is -0.355 e. The van der Waals surface area contributed by atoms with Gasteiger partial charge in [-0.05, 0) is 38.1 Å². The van der Waals surface area contributed by atoms with E-state index in [0.29, 0.717) is 19.0 Å². The molecule has 0 bridgehead atoms. The summed E-state index contributed by atoms with van der Waals surface area (Å²) in [5.41, 5.74) is 0. The van der Waals surface area contributed by atoms with Crippen LogP contribution in [0.3, 0.4) is 0 Å². The Morgan fingerprint density at radius 1 is 1.26 bits per heavy atom. The highest BCUT2D eigenvalue weighted by Gasteiger charge is 2.20. The number of halogens is 1. The van der Waals surface area contributed by atoms with Gasteiger partial charge in [0, 0.05) is 40.5 Å². The van der Waals surface area contributed by atoms with Crippen LogP contribution in [-0.4, -0.2) is 51.3 Å². The highest BCUT2D eigenvalue weighted by Crippen LogP contribution is 2.32. The lowest BCUT2D eigenvalue weighted by Gasteiger charge is -2.25. The van der Waals surface area contributed by atoms with Gasteiger partial charge < -0.3 is 10.6 Å². The summed E-state index contributed by atoms with van der Waals surface area (Å²) in [5, 5.41) is 6.26. The van der Waals surface area contributed by atoms with Crippen LogP contribution in [0.2, 0.25) is 0 Å². The lowest BCUT2D eigenvalue weighted by molar-refractivity contribution is 0.600. The minimum absolute atomic E-state index is 0.0394. The first-order valence-electron chi connectivity index (χ1n) is 7.18. The highest BCUT2D eigenvalue weighted by atomic mass is 79.9. The number of hydrogen-bond donors (Lipinski definition) is 2. The van der Waals surface area contributed by atoms with Crippen molar-refractivity contribution in [1.29, 1.82) is 0 Å². The average Bonchev–Trinajstić information content (AvgIpc) is 2.43. The van der Waals surface area contributed by atoms with Crippen molar-refractivity contribution in [3.05, 3.63) is 28.7 Å². The van der Waals surface area contributed by atoms with Crippen molar-refractivity contribution in [2.45, 2.75) is 23.5 Å². The number of rotatable bonds is 7. The molecule has 0 fully saturated rings. The first kappa shape index (κ1) is 20.3. The van der Waals surface area contributed by atoms with E-state index in [1.165, 1.54) is 11.2 Å². The zero-order chi connectivity index (χ0) is 17.5. The number of nitrogens with zero attached hydrogens (tertiary/aromatic N) is 1. The first-order chi connectivity index (χ1) is 10.6. The smallest absolute Gasteiger partial charge is 0.191 e. The molecule has 1 aromatic rings. The van der Waals surface area contributed by atoms with Crippen LogP contribution in [0.5, 0.6) is 0 Å². The molecule has 0 amide bonds. The molecule has 0 heterocycles. The molecule has 2 N–H and O–H groups in total. The van der Waals surface area contributed by atoms with Gasteiger partial charge in [0.05, 0.1) is 5.75 Å². The molecule has 0 aliphatic rings. The normalized spacial score (nSPS) is 13.0. The number of hydrogen-bond acceptors (Lipinski definition) is 4. The molecular formula is C15H24BrN3O2S2. The van der Waals surface area contributed by atoms with Gasteiger partial charge in [0.15, 0.2) is 5.96 Å². The molecule has 0 aromatic heterocycles. The largest absolute Gasteiger partial charge is 0.355 e. The van der Waals surface area contributed by atoms with Crippen LogP contribution in [0.1, 0.15) is 13.8 Å². The second kappa shape index (κ2) is 8.94. The lowest BCUT2D eigenvalue weighted by Crippen LogP contribution is -2.44. The van der Waals surface area contributed by atoms with Crippen molar-refractivity contribution in [2.24, 2.45) is 4.99 Å². The summed E-state index contributed by atoms with van der Waals surface area (Å²) in [6.07, 6.45) is 1.23. The zero-order valence-electron chi connectivity index (χ0n) is 13.9. The Kier molecular flexibility index (Phi) is 7.89. The summed E-state index contributed by atoms with van der Waals surface area (Å²) >= 11 is 5.21. The highest BCUT2D eigenvalue weighted by molar-refractivity contribution is 9.10. The third-order valence-electron chi connectivity index (χ3n) is 2.88. The van der Waals surface area contributed by atoms with Crippen molar-refractivity contribution in [1.82, 2.24) is 10.6 Å². The summed E-state index contributed by atoms with van der Waals surface area (Å²) in [7, 11) is -1.30. The van der Waals surface area contributed by atoms with Gasteiger partial charge in [-0.25, -0.2) is 8.42 Å². The van der Waals surface area contributed by atoms with Crippen LogP contribution >= 0.6 is 27.7 Å². The van der Waals surface area contributed by atoms with Gasteiger partial charge in [-0.2, -0.15) is 0 Å². The maximum Gasteiger partial charge on any atom is 0.191 e. The summed E-state index contributed by atoms with van der Waals surface area (Å²) in [6, 6.07) is 8.21. The standard InChI is InChI=1S/C15H24BrN3O2S2/c1-15(2,22-13-7-5-12(16)6-8-13)11-19-14(17-3)18-9-10-23(4,20)21/h5-8H,9-11H2,1-4H3,(H2,17,18,19). The Labute approximate surface area is 151 Å². The third-order valence-corrected chi connectivity index (χ3v) is 5.56. The van der Waals surface area contributed by atoms with Gasteiger partial charge in [-0.15, -0.1) is 11.8 Å². The second-order valence-corrected chi connectivity index (χ2v) is 10.8. The molecule has 130 valence electrons. The van der Waals surface area contributed by atoms with Gasteiger partial charge in [0.2, 0.25) is 0 Å². The van der Waals surface area contributed by atoms with E-state index < -0.39 is 9.84 Å². The van der Waals surface area contributed by atoms with E-state index in [-0.39, 0.29) is 10.5 Å². The number of guanidine groups is 1. The number of sulfone groups is 1. The molecule has 0 radical (unpaired) electrons. The summed E-state index contributed by atoms with van der Waals surface area (Å²) in [4.78, 5) is 5.31. The van der Waals surface area contributed by atoms with Crippen LogP contribution in [0.4, 0.5) is 0 Å². The van der Waals surface area contributed by atoms with Gasteiger partial charge in [-0.1, -0.05) is 15.9 Å². The Bertz CT molecular complexity index is 629. The monoisotopic (exact) mass is 421 g/mol. The number of nitrogens with one attached hydrogen (secondary N) is 2. The maximum absolute atomic E-state index is 11.1. The fraction of sp³-hybridized carbons (Fsp3) is 0.533. The molecule has 0 aliphatic heterocycles. The van der Waals surface area contributed by atoms with E-state index >= 15 is 0 Å². The van der Waals surface area contributed by atoms with E-state index in [1.54, 1.807) is 18.8 Å². The fourth-order valence-corrected chi connectivity index (χ4v) is 3.52. The Balaban J connectivity index is 2.48. The van der Waals surface area contributed by atoms with Crippen LogP contribution in [0.15, 0.2) is 38.6 Å². The Morgan fingerprint density at radius 3 is 2.39 bits per heavy atom. The van der Waals surface area contributed by atoms with Gasteiger partial charge in [0.1, 0.15) is 9.84 Å². The molecule has 0 aliphatic carbocycles. The second-order valence-electron chi connectivity index (χ2n) is 5.80. The van der Waals surface area contributed by atoms with Crippen molar-refractivity contribution in [2.75, 3.05) is 32.1 Å².